The summed E-state index contributed by atoms with van der Waals surface area (Å²) in [4.78, 5) is 31.0. The zero-order chi connectivity index (χ0) is 19.4. The Morgan fingerprint density at radius 1 is 1.26 bits per heavy atom. The Balaban J connectivity index is 1.79. The van der Waals surface area contributed by atoms with Crippen molar-refractivity contribution in [1.29, 1.82) is 0 Å². The number of ether oxygens (including phenoxy) is 1. The lowest BCUT2D eigenvalue weighted by molar-refractivity contribution is -0.149. The van der Waals surface area contributed by atoms with Crippen molar-refractivity contribution in [3.05, 3.63) is 42.0 Å². The maximum absolute atomic E-state index is 13.3. The molecule has 0 unspecified atom stereocenters. The average Bonchev–Trinajstić information content (AvgIpc) is 3.12. The number of halogens is 1. The van der Waals surface area contributed by atoms with E-state index in [-0.39, 0.29) is 23.6 Å². The maximum Gasteiger partial charge on any atom is 0.309 e. The van der Waals surface area contributed by atoms with E-state index in [1.165, 1.54) is 23.9 Å². The molecular weight excluding hydrogens is 369 g/mol. The van der Waals surface area contributed by atoms with Gasteiger partial charge in [0.05, 0.1) is 18.7 Å². The molecule has 6 nitrogen and oxygen atoms in total. The van der Waals surface area contributed by atoms with E-state index in [2.05, 4.69) is 4.98 Å². The Labute approximate surface area is 161 Å². The minimum atomic E-state index is -0.335. The maximum atomic E-state index is 13.3. The highest BCUT2D eigenvalue weighted by molar-refractivity contribution is 7.98. The van der Waals surface area contributed by atoms with Crippen molar-refractivity contribution in [2.75, 3.05) is 26.0 Å². The molecule has 2 aromatic rings. The van der Waals surface area contributed by atoms with Crippen molar-refractivity contribution in [3.63, 3.8) is 0 Å². The minimum absolute atomic E-state index is 0.144. The molecule has 0 bridgehead atoms. The molecule has 27 heavy (non-hydrogen) atoms. The fourth-order valence-electron chi connectivity index (χ4n) is 3.21. The number of piperidine rings is 1. The number of thioether (sulfide) groups is 1. The second-order valence-electron chi connectivity index (χ2n) is 6.26. The molecule has 1 fully saturated rings. The number of hydrogen-bond donors (Lipinski definition) is 0. The van der Waals surface area contributed by atoms with Crippen LogP contribution in [0.25, 0.3) is 5.69 Å². The number of aromatic nitrogens is 2. The first-order valence-electron chi connectivity index (χ1n) is 8.88. The molecule has 144 valence electrons. The molecule has 0 N–H and O–H groups in total. The number of imidazole rings is 1. The van der Waals surface area contributed by atoms with Gasteiger partial charge in [-0.1, -0.05) is 11.8 Å². The third-order valence-corrected chi connectivity index (χ3v) is 5.27. The number of benzene rings is 1. The van der Waals surface area contributed by atoms with Crippen LogP contribution in [0, 0.1) is 11.7 Å². The average molecular weight is 391 g/mol. The summed E-state index contributed by atoms with van der Waals surface area (Å²) in [6.45, 7) is 3.14. The van der Waals surface area contributed by atoms with E-state index in [1.54, 1.807) is 34.7 Å². The monoisotopic (exact) mass is 391 g/mol. The van der Waals surface area contributed by atoms with Gasteiger partial charge in [0.15, 0.2) is 5.16 Å². The zero-order valence-electron chi connectivity index (χ0n) is 15.4. The van der Waals surface area contributed by atoms with Crippen LogP contribution in [-0.4, -0.2) is 52.3 Å². The topological polar surface area (TPSA) is 64.4 Å². The Kier molecular flexibility index (Phi) is 6.15. The lowest BCUT2D eigenvalue weighted by atomic mass is 9.97. The molecule has 0 radical (unpaired) electrons. The van der Waals surface area contributed by atoms with Gasteiger partial charge in [-0.25, -0.2) is 9.37 Å². The Morgan fingerprint density at radius 3 is 2.52 bits per heavy atom. The molecule has 1 aromatic carbocycles. The van der Waals surface area contributed by atoms with Gasteiger partial charge in [0.2, 0.25) is 0 Å². The van der Waals surface area contributed by atoms with Crippen molar-refractivity contribution < 1.29 is 18.7 Å². The fraction of sp³-hybridized carbons (Fsp3) is 0.421. The van der Waals surface area contributed by atoms with Crippen LogP contribution in [0.1, 0.15) is 30.3 Å². The summed E-state index contributed by atoms with van der Waals surface area (Å²) >= 11 is 1.42. The lowest BCUT2D eigenvalue weighted by Crippen LogP contribution is -2.41. The summed E-state index contributed by atoms with van der Waals surface area (Å²) in [6.07, 6.45) is 4.60. The van der Waals surface area contributed by atoms with E-state index < -0.39 is 0 Å². The number of carbonyl (C=O) groups is 2. The van der Waals surface area contributed by atoms with E-state index in [4.69, 9.17) is 4.74 Å². The number of likely N-dealkylation sites (tertiary alicyclic amines) is 1. The highest BCUT2D eigenvalue weighted by Crippen LogP contribution is 2.25. The molecule has 2 heterocycles. The minimum Gasteiger partial charge on any atom is -0.466 e. The molecular formula is C19H22FN3O3S. The predicted octanol–water partition coefficient (Wildman–Crippen LogP) is 3.15. The Bertz CT molecular complexity index is 814. The van der Waals surface area contributed by atoms with Gasteiger partial charge < -0.3 is 9.64 Å². The van der Waals surface area contributed by atoms with Crippen LogP contribution in [0.15, 0.2) is 35.6 Å². The number of amides is 1. The molecule has 0 spiro atoms. The van der Waals surface area contributed by atoms with Crippen LogP contribution in [0.5, 0.6) is 0 Å². The number of hydrogen-bond acceptors (Lipinski definition) is 5. The van der Waals surface area contributed by atoms with Crippen LogP contribution < -0.4 is 0 Å². The molecule has 0 saturated carbocycles. The van der Waals surface area contributed by atoms with E-state index in [1.807, 2.05) is 6.26 Å². The molecule has 8 heteroatoms. The molecule has 0 atom stereocenters. The van der Waals surface area contributed by atoms with Gasteiger partial charge in [0, 0.05) is 18.8 Å². The second-order valence-corrected chi connectivity index (χ2v) is 7.03. The van der Waals surface area contributed by atoms with Crippen LogP contribution in [-0.2, 0) is 9.53 Å². The third-order valence-electron chi connectivity index (χ3n) is 4.62. The van der Waals surface area contributed by atoms with Gasteiger partial charge in [0.1, 0.15) is 11.5 Å². The fourth-order valence-corrected chi connectivity index (χ4v) is 3.75. The van der Waals surface area contributed by atoms with E-state index in [0.717, 1.165) is 0 Å². The summed E-state index contributed by atoms with van der Waals surface area (Å²) in [7, 11) is 0. The molecule has 1 aromatic heterocycles. The van der Waals surface area contributed by atoms with Gasteiger partial charge in [-0.15, -0.1) is 0 Å². The van der Waals surface area contributed by atoms with Crippen molar-refractivity contribution in [1.82, 2.24) is 14.5 Å². The van der Waals surface area contributed by atoms with Crippen molar-refractivity contribution >= 4 is 23.6 Å². The lowest BCUT2D eigenvalue weighted by Gasteiger charge is -2.31. The van der Waals surface area contributed by atoms with Crippen LogP contribution in [0.4, 0.5) is 4.39 Å². The summed E-state index contributed by atoms with van der Waals surface area (Å²) in [6, 6.07) is 5.97. The molecule has 1 amide bonds. The second kappa shape index (κ2) is 8.56. The highest BCUT2D eigenvalue weighted by atomic mass is 32.2. The van der Waals surface area contributed by atoms with Gasteiger partial charge in [0.25, 0.3) is 5.91 Å². The number of esters is 1. The van der Waals surface area contributed by atoms with Gasteiger partial charge in [-0.2, -0.15) is 0 Å². The van der Waals surface area contributed by atoms with E-state index in [0.29, 0.717) is 49.1 Å². The van der Waals surface area contributed by atoms with Gasteiger partial charge in [-0.05, 0) is 50.3 Å². The first-order chi connectivity index (χ1) is 13.0. The molecule has 1 saturated heterocycles. The number of nitrogens with zero attached hydrogens (tertiary/aromatic N) is 3. The Morgan fingerprint density at radius 2 is 1.93 bits per heavy atom. The summed E-state index contributed by atoms with van der Waals surface area (Å²) in [5.74, 6) is -0.823. The van der Waals surface area contributed by atoms with Gasteiger partial charge in [-0.3, -0.25) is 14.2 Å². The normalized spacial score (nSPS) is 15.0. The summed E-state index contributed by atoms with van der Waals surface area (Å²) in [5, 5.41) is 0.659. The van der Waals surface area contributed by atoms with Crippen LogP contribution in [0.2, 0.25) is 0 Å². The zero-order valence-corrected chi connectivity index (χ0v) is 16.2. The highest BCUT2D eigenvalue weighted by Gasteiger charge is 2.30. The molecule has 3 rings (SSSR count). The molecule has 1 aliphatic heterocycles. The first kappa shape index (κ1) is 19.4. The van der Waals surface area contributed by atoms with Crippen molar-refractivity contribution in [2.24, 2.45) is 5.92 Å². The molecule has 1 aliphatic rings. The summed E-state index contributed by atoms with van der Waals surface area (Å²) in [5.41, 5.74) is 1.11. The molecule has 0 aliphatic carbocycles. The standard InChI is InChI=1S/C19H22FN3O3S/c1-3-26-18(25)13-8-10-22(11-9-13)17(24)16-12-21-19(27-2)23(16)15-6-4-14(20)5-7-15/h4-7,12-13H,3,8-11H2,1-2H3. The smallest absolute Gasteiger partial charge is 0.309 e. The third kappa shape index (κ3) is 4.16. The van der Waals surface area contributed by atoms with Crippen molar-refractivity contribution in [3.8, 4) is 5.69 Å². The number of carbonyl (C=O) groups excluding carboxylic acids is 2. The van der Waals surface area contributed by atoms with Gasteiger partial charge >= 0.3 is 5.97 Å². The Hall–Kier alpha value is -2.35. The largest absolute Gasteiger partial charge is 0.466 e. The summed E-state index contributed by atoms with van der Waals surface area (Å²) < 4.78 is 20.1. The first-order valence-corrected chi connectivity index (χ1v) is 10.1. The van der Waals surface area contributed by atoms with E-state index >= 15 is 0 Å². The predicted molar refractivity (Wildman–Crippen MR) is 101 cm³/mol. The quantitative estimate of drug-likeness (QED) is 0.579. The van der Waals surface area contributed by atoms with Crippen LogP contribution >= 0.6 is 11.8 Å². The van der Waals surface area contributed by atoms with E-state index in [9.17, 15) is 14.0 Å². The SMILES string of the molecule is CCOC(=O)C1CCN(C(=O)c2cnc(SC)n2-c2ccc(F)cc2)CC1. The van der Waals surface area contributed by atoms with Crippen LogP contribution in [0.3, 0.4) is 0 Å². The van der Waals surface area contributed by atoms with Crippen molar-refractivity contribution in [2.45, 2.75) is 24.9 Å². The number of rotatable bonds is 5.